The second-order valence-corrected chi connectivity index (χ2v) is 2.85. The van der Waals surface area contributed by atoms with Crippen LogP contribution in [0.1, 0.15) is 11.1 Å². The summed E-state index contributed by atoms with van der Waals surface area (Å²) >= 11 is 0. The van der Waals surface area contributed by atoms with Crippen molar-refractivity contribution < 1.29 is 4.79 Å². The number of rotatable bonds is 2. The fourth-order valence-corrected chi connectivity index (χ4v) is 1.04. The highest BCUT2D eigenvalue weighted by atomic mass is 16.1. The minimum atomic E-state index is -0.408. The van der Waals surface area contributed by atoms with E-state index in [2.05, 4.69) is 0 Å². The quantitative estimate of drug-likeness (QED) is 0.433. The first-order chi connectivity index (χ1) is 6.72. The SMILES string of the molecule is Cc1cccc(/C=C\C(=O)NC#N)c1. The van der Waals surface area contributed by atoms with E-state index in [4.69, 9.17) is 5.26 Å². The number of amides is 1. The van der Waals surface area contributed by atoms with Crippen molar-refractivity contribution >= 4 is 12.0 Å². The van der Waals surface area contributed by atoms with Crippen LogP contribution in [-0.2, 0) is 4.79 Å². The van der Waals surface area contributed by atoms with Gasteiger partial charge in [0.1, 0.15) is 0 Å². The summed E-state index contributed by atoms with van der Waals surface area (Å²) in [4.78, 5) is 10.9. The lowest BCUT2D eigenvalue weighted by atomic mass is 10.1. The van der Waals surface area contributed by atoms with Crippen molar-refractivity contribution in [2.45, 2.75) is 6.92 Å². The molecule has 0 saturated heterocycles. The summed E-state index contributed by atoms with van der Waals surface area (Å²) < 4.78 is 0. The minimum absolute atomic E-state index is 0.408. The third kappa shape index (κ3) is 3.11. The molecule has 1 N–H and O–H groups in total. The van der Waals surface area contributed by atoms with Gasteiger partial charge in [-0.3, -0.25) is 10.1 Å². The van der Waals surface area contributed by atoms with Gasteiger partial charge in [0, 0.05) is 6.08 Å². The molecule has 1 amide bonds. The molecule has 0 aliphatic heterocycles. The maximum absolute atomic E-state index is 10.9. The maximum atomic E-state index is 10.9. The molecule has 0 aliphatic rings. The molecular formula is C11H10N2O. The third-order valence-electron chi connectivity index (χ3n) is 1.65. The van der Waals surface area contributed by atoms with E-state index < -0.39 is 5.91 Å². The molecule has 1 aromatic rings. The van der Waals surface area contributed by atoms with Gasteiger partial charge < -0.3 is 0 Å². The zero-order chi connectivity index (χ0) is 10.4. The molecule has 3 nitrogen and oxygen atoms in total. The molecule has 0 atom stereocenters. The number of carbonyl (C=O) groups is 1. The van der Waals surface area contributed by atoms with Gasteiger partial charge >= 0.3 is 0 Å². The minimum Gasteiger partial charge on any atom is -0.269 e. The number of hydrogen-bond acceptors (Lipinski definition) is 2. The molecule has 0 radical (unpaired) electrons. The van der Waals surface area contributed by atoms with Crippen molar-refractivity contribution in [3.63, 3.8) is 0 Å². The Bertz CT molecular complexity index is 402. The molecule has 0 aromatic heterocycles. The molecule has 3 heteroatoms. The van der Waals surface area contributed by atoms with Crippen LogP contribution in [0.5, 0.6) is 0 Å². The summed E-state index contributed by atoms with van der Waals surface area (Å²) in [6, 6.07) is 7.74. The number of benzene rings is 1. The lowest BCUT2D eigenvalue weighted by molar-refractivity contribution is -0.115. The van der Waals surface area contributed by atoms with Gasteiger partial charge in [0.25, 0.3) is 5.91 Å². The highest BCUT2D eigenvalue weighted by molar-refractivity contribution is 5.92. The van der Waals surface area contributed by atoms with Gasteiger partial charge in [-0.05, 0) is 18.6 Å². The van der Waals surface area contributed by atoms with Crippen LogP contribution >= 0.6 is 0 Å². The van der Waals surface area contributed by atoms with Crippen LogP contribution < -0.4 is 5.32 Å². The van der Waals surface area contributed by atoms with Crippen LogP contribution in [0.2, 0.25) is 0 Å². The van der Waals surface area contributed by atoms with Crippen LogP contribution in [-0.4, -0.2) is 5.91 Å². The Kier molecular flexibility index (Phi) is 3.45. The van der Waals surface area contributed by atoms with Gasteiger partial charge in [0.15, 0.2) is 6.19 Å². The molecule has 1 rings (SSSR count). The normalized spacial score (nSPS) is 9.71. The van der Waals surface area contributed by atoms with Crippen molar-refractivity contribution in [2.75, 3.05) is 0 Å². The van der Waals surface area contributed by atoms with Crippen molar-refractivity contribution in [1.82, 2.24) is 5.32 Å². The van der Waals surface area contributed by atoms with Gasteiger partial charge in [-0.2, -0.15) is 5.26 Å². The van der Waals surface area contributed by atoms with Crippen LogP contribution in [0.25, 0.3) is 6.08 Å². The highest BCUT2D eigenvalue weighted by Crippen LogP contribution is 2.05. The Morgan fingerprint density at radius 3 is 3.00 bits per heavy atom. The zero-order valence-electron chi connectivity index (χ0n) is 7.82. The largest absolute Gasteiger partial charge is 0.269 e. The molecule has 0 unspecified atom stereocenters. The molecule has 0 fully saturated rings. The van der Waals surface area contributed by atoms with Crippen LogP contribution in [0.15, 0.2) is 30.3 Å². The van der Waals surface area contributed by atoms with Crippen LogP contribution in [0.4, 0.5) is 0 Å². The lowest BCUT2D eigenvalue weighted by Crippen LogP contribution is -2.13. The van der Waals surface area contributed by atoms with Gasteiger partial charge in [-0.1, -0.05) is 29.8 Å². The average molecular weight is 186 g/mol. The maximum Gasteiger partial charge on any atom is 0.256 e. The Hall–Kier alpha value is -2.08. The third-order valence-corrected chi connectivity index (χ3v) is 1.65. The van der Waals surface area contributed by atoms with Crippen LogP contribution in [0.3, 0.4) is 0 Å². The van der Waals surface area contributed by atoms with Crippen molar-refractivity contribution in [2.24, 2.45) is 0 Å². The lowest BCUT2D eigenvalue weighted by Gasteiger charge is -1.94. The molecule has 0 bridgehead atoms. The number of nitrogens with zero attached hydrogens (tertiary/aromatic N) is 1. The highest BCUT2D eigenvalue weighted by Gasteiger charge is 1.92. The topological polar surface area (TPSA) is 52.9 Å². The van der Waals surface area contributed by atoms with E-state index in [-0.39, 0.29) is 0 Å². The molecule has 14 heavy (non-hydrogen) atoms. The van der Waals surface area contributed by atoms with E-state index in [1.54, 1.807) is 12.3 Å². The van der Waals surface area contributed by atoms with Crippen molar-refractivity contribution in [3.05, 3.63) is 41.5 Å². The predicted molar refractivity (Wildman–Crippen MR) is 54.0 cm³/mol. The van der Waals surface area contributed by atoms with E-state index in [9.17, 15) is 4.79 Å². The van der Waals surface area contributed by atoms with Gasteiger partial charge in [-0.25, -0.2) is 0 Å². The predicted octanol–water partition coefficient (Wildman–Crippen LogP) is 1.61. The Balaban J connectivity index is 2.70. The first kappa shape index (κ1) is 10.0. The summed E-state index contributed by atoms with van der Waals surface area (Å²) in [6.45, 7) is 1.98. The average Bonchev–Trinajstić information content (AvgIpc) is 2.15. The molecule has 0 aliphatic carbocycles. The number of carbonyl (C=O) groups excluding carboxylic acids is 1. The van der Waals surface area contributed by atoms with Gasteiger partial charge in [0.05, 0.1) is 0 Å². The first-order valence-corrected chi connectivity index (χ1v) is 4.16. The first-order valence-electron chi connectivity index (χ1n) is 4.16. The molecule has 0 spiro atoms. The molecule has 1 aromatic carbocycles. The smallest absolute Gasteiger partial charge is 0.256 e. The molecule has 70 valence electrons. The second kappa shape index (κ2) is 4.83. The summed E-state index contributed by atoms with van der Waals surface area (Å²) in [5, 5.41) is 10.2. The summed E-state index contributed by atoms with van der Waals surface area (Å²) in [5.74, 6) is -0.408. The fraction of sp³-hybridized carbons (Fsp3) is 0.0909. The number of nitrogens with one attached hydrogen (secondary N) is 1. The molecule has 0 saturated carbocycles. The van der Waals surface area contributed by atoms with E-state index in [0.717, 1.165) is 11.1 Å². The van der Waals surface area contributed by atoms with E-state index in [0.29, 0.717) is 0 Å². The summed E-state index contributed by atoms with van der Waals surface area (Å²) in [7, 11) is 0. The van der Waals surface area contributed by atoms with E-state index in [1.165, 1.54) is 6.08 Å². The fourth-order valence-electron chi connectivity index (χ4n) is 1.04. The summed E-state index contributed by atoms with van der Waals surface area (Å²) in [5.41, 5.74) is 2.07. The van der Waals surface area contributed by atoms with Gasteiger partial charge in [0.2, 0.25) is 0 Å². The van der Waals surface area contributed by atoms with Crippen molar-refractivity contribution in [1.29, 1.82) is 5.26 Å². The van der Waals surface area contributed by atoms with Crippen molar-refractivity contribution in [3.8, 4) is 6.19 Å². The molecular weight excluding hydrogens is 176 g/mol. The Labute approximate surface area is 82.7 Å². The van der Waals surface area contributed by atoms with Gasteiger partial charge in [-0.15, -0.1) is 0 Å². The monoisotopic (exact) mass is 186 g/mol. The van der Waals surface area contributed by atoms with E-state index in [1.807, 2.05) is 36.5 Å². The Morgan fingerprint density at radius 2 is 2.36 bits per heavy atom. The Morgan fingerprint density at radius 1 is 1.57 bits per heavy atom. The second-order valence-electron chi connectivity index (χ2n) is 2.85. The number of nitriles is 1. The summed E-state index contributed by atoms with van der Waals surface area (Å²) in [6.07, 6.45) is 4.56. The number of hydrogen-bond donors (Lipinski definition) is 1. The zero-order valence-corrected chi connectivity index (χ0v) is 7.82. The van der Waals surface area contributed by atoms with Crippen LogP contribution in [0, 0.1) is 18.4 Å². The molecule has 0 heterocycles. The van der Waals surface area contributed by atoms with E-state index >= 15 is 0 Å². The number of aryl methyl sites for hydroxylation is 1. The standard InChI is InChI=1S/C11H10N2O/c1-9-3-2-4-10(7-9)5-6-11(14)13-8-12/h2-7H,1H3,(H,13,14)/b6-5-.